The van der Waals surface area contributed by atoms with Crippen LogP contribution in [0.4, 0.5) is 0 Å². The van der Waals surface area contributed by atoms with Gasteiger partial charge in [-0.2, -0.15) is 0 Å². The fourth-order valence-corrected chi connectivity index (χ4v) is 21.1. The fourth-order valence-electron chi connectivity index (χ4n) is 14.9. The zero-order chi connectivity index (χ0) is 54.3. The molecule has 4 aromatic heterocycles. The van der Waals surface area contributed by atoms with Crippen molar-refractivity contribution in [1.29, 1.82) is 0 Å². The Balaban J connectivity index is 0.853. The molecule has 0 radical (unpaired) electrons. The maximum absolute atomic E-state index is 6.67. The summed E-state index contributed by atoms with van der Waals surface area (Å²) in [7, 11) is -3.93. The number of hydrogen-bond donors (Lipinski definition) is 0. The molecule has 12 aromatic carbocycles. The van der Waals surface area contributed by atoms with Crippen molar-refractivity contribution in [3.63, 3.8) is 0 Å². The zero-order valence-corrected chi connectivity index (χ0v) is 47.8. The molecule has 16 aromatic rings. The Morgan fingerprint density at radius 1 is 0.256 bits per heavy atom. The minimum absolute atomic E-state index is 0.904. The van der Waals surface area contributed by atoms with E-state index in [9.17, 15) is 0 Å². The molecular formula is C76H52N2O2Si2. The third-order valence-electron chi connectivity index (χ3n) is 18.9. The molecular weight excluding hydrogens is 1030 g/mol. The lowest BCUT2D eigenvalue weighted by Crippen LogP contribution is -2.49. The van der Waals surface area contributed by atoms with Crippen molar-refractivity contribution in [2.75, 3.05) is 0 Å². The standard InChI is InChI=1S/C76H52N2O2Si2/c1-81(2)71-25-11-7-17-55(71)57-33-31-49(43-73(57)81)77-65-35-27-45(39-61(65)63-41-47(29-37-67(63)77)51-19-13-21-59-53-15-5-9-23-69(53)79-75(51)59)46-28-36-66-62(40-46)64-42-48(52-20-14-22-60-54-16-6-10-24-70(54)80-76(52)60)30-38-68(64)78(66)50-32-34-58-56-18-8-12-26-72(56)82(3,4)74(58)44-50/h5-44H,1-4H3. The molecule has 0 saturated carbocycles. The molecule has 6 heterocycles. The highest BCUT2D eigenvalue weighted by Gasteiger charge is 2.39. The molecule has 0 aliphatic carbocycles. The van der Waals surface area contributed by atoms with Gasteiger partial charge in [-0.1, -0.05) is 184 Å². The first kappa shape index (κ1) is 46.1. The van der Waals surface area contributed by atoms with Crippen LogP contribution in [0.25, 0.3) is 154 Å². The first-order valence-electron chi connectivity index (χ1n) is 28.6. The minimum Gasteiger partial charge on any atom is -0.455 e. The largest absolute Gasteiger partial charge is 0.455 e. The fraction of sp³-hybridized carbons (Fsp3) is 0.0526. The van der Waals surface area contributed by atoms with Crippen LogP contribution in [0, 0.1) is 0 Å². The molecule has 0 unspecified atom stereocenters. The first-order chi connectivity index (χ1) is 40.2. The second kappa shape index (κ2) is 16.5. The van der Waals surface area contributed by atoms with Crippen LogP contribution in [0.15, 0.2) is 251 Å². The third-order valence-corrected chi connectivity index (χ3v) is 26.0. The summed E-state index contributed by atoms with van der Waals surface area (Å²) in [6.45, 7) is 10.0. The van der Waals surface area contributed by atoms with E-state index in [4.69, 9.17) is 8.83 Å². The second-order valence-corrected chi connectivity index (χ2v) is 32.6. The number of rotatable bonds is 5. The summed E-state index contributed by atoms with van der Waals surface area (Å²) in [5.74, 6) is 0. The van der Waals surface area contributed by atoms with Crippen molar-refractivity contribution < 1.29 is 8.83 Å². The van der Waals surface area contributed by atoms with Gasteiger partial charge in [0, 0.05) is 65.6 Å². The van der Waals surface area contributed by atoms with Crippen molar-refractivity contribution in [2.24, 2.45) is 0 Å². The SMILES string of the molecule is C[Si]1(C)c2ccccc2-c2ccc(-n3c4ccc(-c5ccc6c(c5)c5cc(-c7cccc8c7oc7ccccc78)ccc5n6-c5ccc6c(c5)[Si](C)(C)c5ccccc5-6)cc4c4cc(-c5cccc6c5oc5ccccc56)ccc43)cc21. The summed E-state index contributed by atoms with van der Waals surface area (Å²) in [4.78, 5) is 0. The molecule has 0 bridgehead atoms. The molecule has 82 heavy (non-hydrogen) atoms. The molecule has 6 heteroatoms. The summed E-state index contributed by atoms with van der Waals surface area (Å²) < 4.78 is 18.4. The lowest BCUT2D eigenvalue weighted by Gasteiger charge is -2.20. The Bertz CT molecular complexity index is 5150. The van der Waals surface area contributed by atoms with E-state index in [1.54, 1.807) is 0 Å². The number of aromatic nitrogens is 2. The maximum Gasteiger partial charge on any atom is 0.143 e. The van der Waals surface area contributed by atoms with Gasteiger partial charge in [-0.05, 0) is 150 Å². The van der Waals surface area contributed by atoms with Crippen LogP contribution < -0.4 is 20.7 Å². The summed E-state index contributed by atoms with van der Waals surface area (Å²) in [6.07, 6.45) is 0. The molecule has 4 nitrogen and oxygen atoms in total. The van der Waals surface area contributed by atoms with Crippen molar-refractivity contribution >= 4 is 124 Å². The molecule has 386 valence electrons. The van der Waals surface area contributed by atoms with Crippen LogP contribution >= 0.6 is 0 Å². The normalized spacial score (nSPS) is 14.0. The molecule has 0 atom stereocenters. The molecule has 0 N–H and O–H groups in total. The van der Waals surface area contributed by atoms with Gasteiger partial charge in [0.2, 0.25) is 0 Å². The van der Waals surface area contributed by atoms with E-state index >= 15 is 0 Å². The molecule has 0 spiro atoms. The van der Waals surface area contributed by atoms with Crippen LogP contribution in [-0.4, -0.2) is 25.3 Å². The number of nitrogens with zero attached hydrogens (tertiary/aromatic N) is 2. The van der Waals surface area contributed by atoms with Gasteiger partial charge < -0.3 is 18.0 Å². The van der Waals surface area contributed by atoms with E-state index in [0.717, 1.165) is 66.1 Å². The van der Waals surface area contributed by atoms with Gasteiger partial charge in [0.05, 0.1) is 22.1 Å². The van der Waals surface area contributed by atoms with Gasteiger partial charge >= 0.3 is 0 Å². The quantitative estimate of drug-likeness (QED) is 0.161. The van der Waals surface area contributed by atoms with Gasteiger partial charge in [-0.3, -0.25) is 0 Å². The van der Waals surface area contributed by atoms with E-state index in [1.165, 1.54) is 109 Å². The summed E-state index contributed by atoms with van der Waals surface area (Å²) in [6, 6.07) is 90.8. The Labute approximate surface area is 475 Å². The smallest absolute Gasteiger partial charge is 0.143 e. The van der Waals surface area contributed by atoms with Gasteiger partial charge in [-0.15, -0.1) is 0 Å². The minimum atomic E-state index is -1.96. The van der Waals surface area contributed by atoms with Gasteiger partial charge in [0.15, 0.2) is 0 Å². The number of para-hydroxylation sites is 4. The monoisotopic (exact) mass is 1080 g/mol. The highest BCUT2D eigenvalue weighted by Crippen LogP contribution is 2.45. The number of fused-ring (bicyclic) bond motifs is 18. The average molecular weight is 1080 g/mol. The molecule has 2 aliphatic heterocycles. The number of benzene rings is 12. The van der Waals surface area contributed by atoms with Crippen LogP contribution in [0.5, 0.6) is 0 Å². The zero-order valence-electron chi connectivity index (χ0n) is 45.8. The van der Waals surface area contributed by atoms with Crippen molar-refractivity contribution in [3.05, 3.63) is 243 Å². The summed E-state index contributed by atoms with van der Waals surface area (Å²) in [5, 5.41) is 15.4. The van der Waals surface area contributed by atoms with E-state index in [1.807, 2.05) is 0 Å². The van der Waals surface area contributed by atoms with E-state index in [2.05, 4.69) is 278 Å². The second-order valence-electron chi connectivity index (χ2n) is 24.0. The van der Waals surface area contributed by atoms with Crippen LogP contribution in [-0.2, 0) is 0 Å². The van der Waals surface area contributed by atoms with Crippen LogP contribution in [0.1, 0.15) is 0 Å². The van der Waals surface area contributed by atoms with Gasteiger partial charge in [-0.25, -0.2) is 0 Å². The lowest BCUT2D eigenvalue weighted by atomic mass is 9.97. The third kappa shape index (κ3) is 6.25. The Morgan fingerprint density at radius 2 is 0.598 bits per heavy atom. The van der Waals surface area contributed by atoms with Gasteiger partial charge in [0.1, 0.15) is 38.5 Å². The number of furan rings is 2. The Kier molecular flexibility index (Phi) is 9.24. The number of hydrogen-bond acceptors (Lipinski definition) is 2. The molecule has 0 fully saturated rings. The van der Waals surface area contributed by atoms with Crippen molar-refractivity contribution in [3.8, 4) is 67.0 Å². The molecule has 0 saturated heterocycles. The van der Waals surface area contributed by atoms with Gasteiger partial charge in [0.25, 0.3) is 0 Å². The summed E-state index contributed by atoms with van der Waals surface area (Å²) >= 11 is 0. The predicted octanol–water partition coefficient (Wildman–Crippen LogP) is 18.3. The molecule has 0 amide bonds. The topological polar surface area (TPSA) is 36.1 Å². The predicted molar refractivity (Wildman–Crippen MR) is 350 cm³/mol. The Morgan fingerprint density at radius 3 is 1.04 bits per heavy atom. The maximum atomic E-state index is 6.67. The lowest BCUT2D eigenvalue weighted by molar-refractivity contribution is 0.669. The molecule has 18 rings (SSSR count). The van der Waals surface area contributed by atoms with Crippen LogP contribution in [0.3, 0.4) is 0 Å². The van der Waals surface area contributed by atoms with Crippen molar-refractivity contribution in [2.45, 2.75) is 26.2 Å². The van der Waals surface area contributed by atoms with Crippen LogP contribution in [0.2, 0.25) is 26.2 Å². The summed E-state index contributed by atoms with van der Waals surface area (Å²) in [5.41, 5.74) is 23.1. The van der Waals surface area contributed by atoms with E-state index in [0.29, 0.717) is 0 Å². The van der Waals surface area contributed by atoms with E-state index in [-0.39, 0.29) is 0 Å². The van der Waals surface area contributed by atoms with E-state index < -0.39 is 16.1 Å². The Hall–Kier alpha value is -9.73. The highest BCUT2D eigenvalue weighted by atomic mass is 28.3. The average Bonchev–Trinajstić information content (AvgIpc) is 3.15. The van der Waals surface area contributed by atoms with Crippen molar-refractivity contribution in [1.82, 2.24) is 9.13 Å². The molecule has 2 aliphatic rings. The first-order valence-corrected chi connectivity index (χ1v) is 34.6. The highest BCUT2D eigenvalue weighted by molar-refractivity contribution is 7.04.